The molecule has 10 rings (SSSR count). The molecule has 0 atom stereocenters. The zero-order valence-electron chi connectivity index (χ0n) is 43.2. The van der Waals surface area contributed by atoms with Crippen molar-refractivity contribution in [1.82, 2.24) is 39.7 Å². The molecule has 2 fully saturated rings. The number of nitrogens with one attached hydrogen (secondary N) is 2. The number of nitrogens with two attached hydrogens (primary N) is 2. The highest BCUT2D eigenvalue weighted by atomic mass is 79.9. The van der Waals surface area contributed by atoms with E-state index >= 15 is 0 Å². The smallest absolute Gasteiger partial charge is 0.423 e. The summed E-state index contributed by atoms with van der Waals surface area (Å²) in [4.78, 5) is 56.7. The van der Waals surface area contributed by atoms with E-state index in [1.165, 1.54) is 19.0 Å². The van der Waals surface area contributed by atoms with Crippen LogP contribution in [0.3, 0.4) is 0 Å². The normalized spacial score (nSPS) is 14.1. The quantitative estimate of drug-likeness (QED) is 0.0392. The van der Waals surface area contributed by atoms with Crippen LogP contribution in [0.1, 0.15) is 77.8 Å². The molecule has 6 aromatic heterocycles. The number of hydrogen-bond acceptors (Lipinski definition) is 16. The van der Waals surface area contributed by atoms with Crippen LogP contribution in [0.25, 0.3) is 32.7 Å². The van der Waals surface area contributed by atoms with Gasteiger partial charge < -0.3 is 41.9 Å². The summed E-state index contributed by atoms with van der Waals surface area (Å²) in [5.74, 6) is 3.78. The van der Waals surface area contributed by atoms with Crippen molar-refractivity contribution in [2.45, 2.75) is 58.8 Å². The number of aryl methyl sites for hydroxylation is 2. The molecule has 0 saturated carbocycles. The molecule has 0 amide bonds. The Bertz CT molecular complexity index is 3200. The zero-order chi connectivity index (χ0) is 53.4. The lowest BCUT2D eigenvalue weighted by Crippen LogP contribution is -2.33. The summed E-state index contributed by atoms with van der Waals surface area (Å²) in [6.45, 7) is 6.15. The standard InChI is InChI=1S/C29H32N6O.C24H28BrN5O.C5H6BNO2.CH4/c1-35-13-9-21(10-14-35)17-33-29-26(16-24(19-34-29)23-3-2-11-31-18-23)27(36)7-5-20-4-6-25-22(15-20)8-12-32-28(25)30;1-30-10-7-17(8-11-30)14-28-24-21(13-19(25)15-29-24)22(31)5-3-16-2-4-20-18(12-16)6-9-27-23(20)26;8-6(9)5-2-1-3-7-4-5;/h2-4,6,8,11-12,15-16,18-19,21H,5,7,9-10,13-14,17H2,1H3,(H2,30,32)(H,33,34);2,4,6,9,12-13,15,17H,3,5,7-8,10-11,14H2,1H3,(H2,26,27)(H,28,29);1-4,8-9H;1H4. The predicted molar refractivity (Wildman–Crippen MR) is 315 cm³/mol. The van der Waals surface area contributed by atoms with Gasteiger partial charge in [-0.25, -0.2) is 19.9 Å². The van der Waals surface area contributed by atoms with E-state index in [4.69, 9.17) is 26.5 Å². The summed E-state index contributed by atoms with van der Waals surface area (Å²) in [5.41, 5.74) is 17.7. The van der Waals surface area contributed by atoms with Crippen molar-refractivity contribution in [2.75, 3.05) is 75.5 Å². The van der Waals surface area contributed by atoms with E-state index in [2.05, 4.69) is 87.5 Å². The molecule has 8 N–H and O–H groups in total. The number of rotatable bonds is 16. The Hall–Kier alpha value is -7.22. The first kappa shape index (κ1) is 57.5. The molecule has 0 unspecified atom stereocenters. The second-order valence-electron chi connectivity index (χ2n) is 19.7. The molecule has 2 aromatic carbocycles. The number of carbonyl (C=O) groups excluding carboxylic acids is 2. The first-order valence-corrected chi connectivity index (χ1v) is 26.7. The highest BCUT2D eigenvalue weighted by Crippen LogP contribution is 2.28. The number of benzene rings is 2. The monoisotopic (exact) mass is 1100 g/mol. The van der Waals surface area contributed by atoms with Crippen molar-refractivity contribution in [3.63, 3.8) is 0 Å². The topological polar surface area (TPSA) is 235 Å². The average Bonchev–Trinajstić information content (AvgIpc) is 3.45. The summed E-state index contributed by atoms with van der Waals surface area (Å²) >= 11 is 3.46. The maximum absolute atomic E-state index is 13.5. The van der Waals surface area contributed by atoms with E-state index in [0.29, 0.717) is 77.4 Å². The van der Waals surface area contributed by atoms with Gasteiger partial charge in [0.15, 0.2) is 11.6 Å². The third kappa shape index (κ3) is 16.4. The molecule has 77 heavy (non-hydrogen) atoms. The second kappa shape index (κ2) is 28.2. The SMILES string of the molecule is C.CN1CCC(CNc2ncc(-c3cccnc3)cc2C(=O)CCc2ccc3c(N)nccc3c2)CC1.CN1CCC(CNc2ncc(Br)cc2C(=O)CCc2ccc3c(N)nccc3c2)CC1.OB(O)c1cccnc1. The van der Waals surface area contributed by atoms with E-state index in [-0.39, 0.29) is 19.0 Å². The average molecular weight is 1100 g/mol. The van der Waals surface area contributed by atoms with Gasteiger partial charge in [0.1, 0.15) is 23.3 Å². The Morgan fingerprint density at radius 3 is 1.57 bits per heavy atom. The predicted octanol–water partition coefficient (Wildman–Crippen LogP) is 8.78. The maximum Gasteiger partial charge on any atom is 0.490 e. The van der Waals surface area contributed by atoms with Crippen LogP contribution in [0.4, 0.5) is 23.3 Å². The van der Waals surface area contributed by atoms with Gasteiger partial charge in [-0.15, -0.1) is 0 Å². The zero-order valence-corrected chi connectivity index (χ0v) is 44.7. The van der Waals surface area contributed by atoms with E-state index in [0.717, 1.165) is 100 Å². The maximum atomic E-state index is 13.5. The number of hydrogen-bond donors (Lipinski definition) is 6. The first-order chi connectivity index (χ1) is 36.9. The van der Waals surface area contributed by atoms with Crippen LogP contribution in [0.2, 0.25) is 0 Å². The molecule has 400 valence electrons. The molecular formula is C59H70BBrN12O4. The number of nitrogens with zero attached hydrogens (tertiary/aromatic N) is 8. The Labute approximate surface area is 460 Å². The fourth-order valence-corrected chi connectivity index (χ4v) is 9.77. The molecule has 0 aliphatic carbocycles. The van der Waals surface area contributed by atoms with Gasteiger partial charge in [-0.3, -0.25) is 19.6 Å². The van der Waals surface area contributed by atoms with E-state index in [1.807, 2.05) is 66.9 Å². The minimum absolute atomic E-state index is 0. The van der Waals surface area contributed by atoms with Crippen LogP contribution in [-0.2, 0) is 12.8 Å². The van der Waals surface area contributed by atoms with Gasteiger partial charge in [-0.1, -0.05) is 56.0 Å². The number of aromatic nitrogens is 6. The van der Waals surface area contributed by atoms with Gasteiger partial charge in [0.25, 0.3) is 0 Å². The van der Waals surface area contributed by atoms with Crippen molar-refractivity contribution >= 4 is 84.9 Å². The molecule has 2 aliphatic heterocycles. The summed E-state index contributed by atoms with van der Waals surface area (Å²) in [7, 11) is 2.93. The highest BCUT2D eigenvalue weighted by Gasteiger charge is 2.21. The van der Waals surface area contributed by atoms with Crippen LogP contribution in [0.5, 0.6) is 0 Å². The van der Waals surface area contributed by atoms with Gasteiger partial charge in [0, 0.05) is 107 Å². The van der Waals surface area contributed by atoms with Gasteiger partial charge in [0.2, 0.25) is 0 Å². The summed E-state index contributed by atoms with van der Waals surface area (Å²) in [5, 5.41) is 28.0. The molecule has 0 spiro atoms. The fourth-order valence-electron chi connectivity index (χ4n) is 9.44. The van der Waals surface area contributed by atoms with Crippen LogP contribution >= 0.6 is 15.9 Å². The number of likely N-dealkylation sites (tertiary alicyclic amines) is 2. The van der Waals surface area contributed by atoms with Crippen molar-refractivity contribution in [3.8, 4) is 11.1 Å². The Kier molecular flexibility index (Phi) is 21.1. The van der Waals surface area contributed by atoms with E-state index < -0.39 is 7.12 Å². The number of fused-ring (bicyclic) bond motifs is 2. The minimum atomic E-state index is -1.40. The third-order valence-corrected chi connectivity index (χ3v) is 14.5. The third-order valence-electron chi connectivity index (χ3n) is 14.1. The second-order valence-corrected chi connectivity index (χ2v) is 20.6. The number of ketones is 2. The van der Waals surface area contributed by atoms with Crippen LogP contribution < -0.4 is 27.6 Å². The molecule has 18 heteroatoms. The fraction of sp³-hybridized carbons (Fsp3) is 0.322. The first-order valence-electron chi connectivity index (χ1n) is 25.9. The van der Waals surface area contributed by atoms with Crippen LogP contribution in [0, 0.1) is 11.8 Å². The molecule has 0 radical (unpaired) electrons. The van der Waals surface area contributed by atoms with Crippen molar-refractivity contribution in [3.05, 3.63) is 161 Å². The number of piperidine rings is 2. The number of halogens is 1. The van der Waals surface area contributed by atoms with E-state index in [9.17, 15) is 9.59 Å². The minimum Gasteiger partial charge on any atom is -0.423 e. The van der Waals surface area contributed by atoms with Gasteiger partial charge in [-0.2, -0.15) is 0 Å². The highest BCUT2D eigenvalue weighted by molar-refractivity contribution is 9.10. The lowest BCUT2D eigenvalue weighted by molar-refractivity contribution is 0.0975. The summed E-state index contributed by atoms with van der Waals surface area (Å²) < 4.78 is 0.814. The van der Waals surface area contributed by atoms with Crippen LogP contribution in [-0.4, -0.2) is 122 Å². The lowest BCUT2D eigenvalue weighted by Gasteiger charge is -2.29. The van der Waals surface area contributed by atoms with E-state index in [1.54, 1.807) is 49.3 Å². The van der Waals surface area contributed by atoms with Crippen molar-refractivity contribution in [2.24, 2.45) is 11.8 Å². The Morgan fingerprint density at radius 2 is 1.10 bits per heavy atom. The van der Waals surface area contributed by atoms with Crippen molar-refractivity contribution in [1.29, 1.82) is 0 Å². The molecule has 8 aromatic rings. The number of anilines is 4. The van der Waals surface area contributed by atoms with Crippen LogP contribution in [0.15, 0.2) is 139 Å². The number of carbonyl (C=O) groups is 2. The molecule has 8 heterocycles. The Morgan fingerprint density at radius 1 is 0.610 bits per heavy atom. The number of pyridine rings is 6. The van der Waals surface area contributed by atoms with Gasteiger partial charge >= 0.3 is 7.12 Å². The number of nitrogen functional groups attached to an aromatic ring is 2. The summed E-state index contributed by atoms with van der Waals surface area (Å²) in [6.07, 6.45) is 20.3. The Balaban J connectivity index is 0.000000192. The summed E-state index contributed by atoms with van der Waals surface area (Å²) in [6, 6.07) is 27.0. The molecule has 16 nitrogen and oxygen atoms in total. The van der Waals surface area contributed by atoms with Gasteiger partial charge in [0.05, 0.1) is 11.1 Å². The number of Topliss-reactive ketones (excluding diaryl/α,β-unsaturated/α-hetero) is 2. The van der Waals surface area contributed by atoms with Crippen molar-refractivity contribution < 1.29 is 19.6 Å². The lowest BCUT2D eigenvalue weighted by atomic mass is 9.82. The molecule has 2 aliphatic rings. The molecular weight excluding hydrogens is 1030 g/mol. The molecule has 0 bridgehead atoms. The van der Waals surface area contributed by atoms with Gasteiger partial charge in [-0.05, 0) is 165 Å². The largest absolute Gasteiger partial charge is 0.490 e. The molecule has 2 saturated heterocycles.